The maximum absolute atomic E-state index is 13.7. The van der Waals surface area contributed by atoms with Crippen LogP contribution in [0.3, 0.4) is 0 Å². The van der Waals surface area contributed by atoms with Gasteiger partial charge in [0.25, 0.3) is 5.91 Å². The van der Waals surface area contributed by atoms with Crippen molar-refractivity contribution in [3.63, 3.8) is 0 Å². The zero-order valence-corrected chi connectivity index (χ0v) is 11.3. The van der Waals surface area contributed by atoms with Crippen LogP contribution in [0.5, 0.6) is 0 Å². The summed E-state index contributed by atoms with van der Waals surface area (Å²) in [7, 11) is 1.55. The Morgan fingerprint density at radius 2 is 1.90 bits per heavy atom. The fourth-order valence-electron chi connectivity index (χ4n) is 1.84. The van der Waals surface area contributed by atoms with Gasteiger partial charge >= 0.3 is 0 Å². The van der Waals surface area contributed by atoms with Crippen molar-refractivity contribution in [1.82, 2.24) is 5.32 Å². The molecule has 0 aliphatic rings. The van der Waals surface area contributed by atoms with E-state index in [1.54, 1.807) is 37.4 Å². The van der Waals surface area contributed by atoms with Gasteiger partial charge in [0, 0.05) is 12.6 Å². The molecule has 0 aliphatic heterocycles. The number of hydrogen-bond donors (Lipinski definition) is 3. The highest BCUT2D eigenvalue weighted by molar-refractivity contribution is 5.96. The Kier molecular flexibility index (Phi) is 3.89. The zero-order valence-electron chi connectivity index (χ0n) is 11.3. The molecule has 0 heterocycles. The third-order valence-electron chi connectivity index (χ3n) is 2.93. The van der Waals surface area contributed by atoms with Gasteiger partial charge in [-0.05, 0) is 42.8 Å². The molecule has 2 rings (SSSR count). The van der Waals surface area contributed by atoms with E-state index in [4.69, 9.17) is 5.73 Å². The van der Waals surface area contributed by atoms with E-state index in [9.17, 15) is 9.18 Å². The van der Waals surface area contributed by atoms with Gasteiger partial charge in [0.05, 0.1) is 17.1 Å². The van der Waals surface area contributed by atoms with Gasteiger partial charge in [0.15, 0.2) is 0 Å². The van der Waals surface area contributed by atoms with Gasteiger partial charge in [-0.1, -0.05) is 6.07 Å². The number of nitrogens with one attached hydrogen (secondary N) is 2. The summed E-state index contributed by atoms with van der Waals surface area (Å²) in [6, 6.07) is 9.62. The molecule has 4 nitrogen and oxygen atoms in total. The van der Waals surface area contributed by atoms with E-state index in [2.05, 4.69) is 10.6 Å². The monoisotopic (exact) mass is 273 g/mol. The van der Waals surface area contributed by atoms with Crippen molar-refractivity contribution < 1.29 is 9.18 Å². The van der Waals surface area contributed by atoms with Gasteiger partial charge in [0.2, 0.25) is 0 Å². The molecule has 1 amide bonds. The Hall–Kier alpha value is -2.56. The number of carbonyl (C=O) groups excluding carboxylic acids is 1. The lowest BCUT2D eigenvalue weighted by atomic mass is 10.1. The average Bonchev–Trinajstić information content (AvgIpc) is 2.44. The van der Waals surface area contributed by atoms with E-state index in [-0.39, 0.29) is 11.7 Å². The van der Waals surface area contributed by atoms with Gasteiger partial charge in [-0.25, -0.2) is 4.39 Å². The fourth-order valence-corrected chi connectivity index (χ4v) is 1.84. The summed E-state index contributed by atoms with van der Waals surface area (Å²) in [6.45, 7) is 1.88. The van der Waals surface area contributed by atoms with Crippen molar-refractivity contribution >= 4 is 23.0 Å². The molecule has 2 aromatic carbocycles. The van der Waals surface area contributed by atoms with Gasteiger partial charge in [-0.2, -0.15) is 0 Å². The molecule has 0 unspecified atom stereocenters. The molecule has 4 N–H and O–H groups in total. The molecule has 0 fully saturated rings. The van der Waals surface area contributed by atoms with Crippen LogP contribution in [0.4, 0.5) is 21.5 Å². The van der Waals surface area contributed by atoms with Crippen LogP contribution >= 0.6 is 0 Å². The Balaban J connectivity index is 2.30. The summed E-state index contributed by atoms with van der Waals surface area (Å²) in [5.74, 6) is -0.574. The lowest BCUT2D eigenvalue weighted by Gasteiger charge is -2.12. The standard InChI is InChI=1S/C15H16FN3O/c1-9-3-5-11(16)14(7-9)19-13-6-4-10(8-12(13)17)15(20)18-2/h3-8,19H,17H2,1-2H3,(H,18,20). The molecule has 0 aromatic heterocycles. The first-order valence-electron chi connectivity index (χ1n) is 6.16. The van der Waals surface area contributed by atoms with Crippen LogP contribution in [0.15, 0.2) is 36.4 Å². The minimum atomic E-state index is -0.356. The highest BCUT2D eigenvalue weighted by atomic mass is 19.1. The first-order chi connectivity index (χ1) is 9.51. The van der Waals surface area contributed by atoms with Gasteiger partial charge in [-0.3, -0.25) is 4.79 Å². The number of hydrogen-bond acceptors (Lipinski definition) is 3. The SMILES string of the molecule is CNC(=O)c1ccc(Nc2cc(C)ccc2F)c(N)c1. The largest absolute Gasteiger partial charge is 0.397 e. The molecule has 2 aromatic rings. The normalized spacial score (nSPS) is 10.2. The van der Waals surface area contributed by atoms with Gasteiger partial charge in [0.1, 0.15) is 5.82 Å². The smallest absolute Gasteiger partial charge is 0.251 e. The summed E-state index contributed by atoms with van der Waals surface area (Å²) in [5.41, 5.74) is 8.57. The predicted octanol–water partition coefficient (Wildman–Crippen LogP) is 2.82. The average molecular weight is 273 g/mol. The molecular weight excluding hydrogens is 257 g/mol. The van der Waals surface area contributed by atoms with E-state index in [0.29, 0.717) is 22.6 Å². The van der Waals surface area contributed by atoms with Crippen LogP contribution in [-0.4, -0.2) is 13.0 Å². The maximum atomic E-state index is 13.7. The molecule has 0 radical (unpaired) electrons. The van der Waals surface area contributed by atoms with Crippen molar-refractivity contribution in [2.24, 2.45) is 0 Å². The van der Waals surface area contributed by atoms with E-state index in [1.165, 1.54) is 6.07 Å². The minimum absolute atomic E-state index is 0.218. The maximum Gasteiger partial charge on any atom is 0.251 e. The number of aryl methyl sites for hydroxylation is 1. The van der Waals surface area contributed by atoms with Crippen LogP contribution in [0, 0.1) is 12.7 Å². The lowest BCUT2D eigenvalue weighted by molar-refractivity contribution is 0.0963. The van der Waals surface area contributed by atoms with Crippen LogP contribution < -0.4 is 16.4 Å². The van der Waals surface area contributed by atoms with Crippen LogP contribution in [0.1, 0.15) is 15.9 Å². The number of benzene rings is 2. The number of nitrogens with two attached hydrogens (primary N) is 1. The molecule has 104 valence electrons. The first kappa shape index (κ1) is 13.9. The Labute approximate surface area is 116 Å². The highest BCUT2D eigenvalue weighted by Gasteiger charge is 2.08. The molecule has 0 atom stereocenters. The predicted molar refractivity (Wildman–Crippen MR) is 78.7 cm³/mol. The van der Waals surface area contributed by atoms with Crippen LogP contribution in [0.2, 0.25) is 0 Å². The molecule has 5 heteroatoms. The minimum Gasteiger partial charge on any atom is -0.397 e. The molecule has 0 spiro atoms. The van der Waals surface area contributed by atoms with Crippen molar-refractivity contribution in [1.29, 1.82) is 0 Å². The Bertz CT molecular complexity index is 656. The summed E-state index contributed by atoms with van der Waals surface area (Å²) in [4.78, 5) is 11.5. The second kappa shape index (κ2) is 5.61. The van der Waals surface area contributed by atoms with Crippen LogP contribution in [-0.2, 0) is 0 Å². The molecular formula is C15H16FN3O. The van der Waals surface area contributed by atoms with Crippen molar-refractivity contribution in [2.45, 2.75) is 6.92 Å². The fraction of sp³-hybridized carbons (Fsp3) is 0.133. The Morgan fingerprint density at radius 1 is 1.15 bits per heavy atom. The summed E-state index contributed by atoms with van der Waals surface area (Å²) < 4.78 is 13.7. The third-order valence-corrected chi connectivity index (χ3v) is 2.93. The first-order valence-corrected chi connectivity index (χ1v) is 6.16. The highest BCUT2D eigenvalue weighted by Crippen LogP contribution is 2.26. The van der Waals surface area contributed by atoms with E-state index >= 15 is 0 Å². The van der Waals surface area contributed by atoms with Crippen molar-refractivity contribution in [2.75, 3.05) is 18.1 Å². The number of nitrogen functional groups attached to an aromatic ring is 1. The topological polar surface area (TPSA) is 67.2 Å². The van der Waals surface area contributed by atoms with Crippen LogP contribution in [0.25, 0.3) is 0 Å². The van der Waals surface area contributed by atoms with E-state index in [1.807, 2.05) is 6.92 Å². The number of amides is 1. The van der Waals surface area contributed by atoms with Crippen molar-refractivity contribution in [3.05, 3.63) is 53.3 Å². The molecule has 0 saturated carbocycles. The molecule has 0 aliphatic carbocycles. The van der Waals surface area contributed by atoms with Crippen molar-refractivity contribution in [3.8, 4) is 0 Å². The number of anilines is 3. The second-order valence-electron chi connectivity index (χ2n) is 4.49. The number of halogens is 1. The molecule has 20 heavy (non-hydrogen) atoms. The summed E-state index contributed by atoms with van der Waals surface area (Å²) >= 11 is 0. The summed E-state index contributed by atoms with van der Waals surface area (Å²) in [6.07, 6.45) is 0. The number of rotatable bonds is 3. The van der Waals surface area contributed by atoms with E-state index < -0.39 is 0 Å². The second-order valence-corrected chi connectivity index (χ2v) is 4.49. The van der Waals surface area contributed by atoms with E-state index in [0.717, 1.165) is 5.56 Å². The van der Waals surface area contributed by atoms with Gasteiger partial charge in [-0.15, -0.1) is 0 Å². The third kappa shape index (κ3) is 2.88. The Morgan fingerprint density at radius 3 is 2.55 bits per heavy atom. The zero-order chi connectivity index (χ0) is 14.7. The molecule has 0 saturated heterocycles. The summed E-state index contributed by atoms with van der Waals surface area (Å²) in [5, 5.41) is 5.45. The molecule has 0 bridgehead atoms. The number of carbonyl (C=O) groups is 1. The van der Waals surface area contributed by atoms with Gasteiger partial charge < -0.3 is 16.4 Å². The quantitative estimate of drug-likeness (QED) is 0.753. The lowest BCUT2D eigenvalue weighted by Crippen LogP contribution is -2.18.